The highest BCUT2D eigenvalue weighted by Crippen LogP contribution is 2.26. The molecule has 2 aliphatic heterocycles. The van der Waals surface area contributed by atoms with Crippen LogP contribution in [0.2, 0.25) is 0 Å². The summed E-state index contributed by atoms with van der Waals surface area (Å²) in [6.45, 7) is 4.45. The van der Waals surface area contributed by atoms with Gasteiger partial charge in [-0.25, -0.2) is 0 Å². The van der Waals surface area contributed by atoms with Crippen LogP contribution in [-0.2, 0) is 9.53 Å². The molecule has 3 atom stereocenters. The summed E-state index contributed by atoms with van der Waals surface area (Å²) < 4.78 is 5.74. The van der Waals surface area contributed by atoms with E-state index in [4.69, 9.17) is 16.2 Å². The lowest BCUT2D eigenvalue weighted by Gasteiger charge is -2.33. The molecule has 0 saturated carbocycles. The van der Waals surface area contributed by atoms with Crippen LogP contribution in [0.5, 0.6) is 0 Å². The van der Waals surface area contributed by atoms with Crippen molar-refractivity contribution in [3.63, 3.8) is 0 Å². The Morgan fingerprint density at radius 1 is 1.44 bits per heavy atom. The van der Waals surface area contributed by atoms with Gasteiger partial charge in [-0.15, -0.1) is 0 Å². The molecule has 2 bridgehead atoms. The van der Waals surface area contributed by atoms with Crippen LogP contribution in [0.1, 0.15) is 26.2 Å². The lowest BCUT2D eigenvalue weighted by Crippen LogP contribution is -2.52. The number of morpholine rings is 1. The molecule has 2 heterocycles. The van der Waals surface area contributed by atoms with Gasteiger partial charge in [-0.05, 0) is 26.2 Å². The first-order valence-corrected chi connectivity index (χ1v) is 5.94. The third kappa shape index (κ3) is 2.53. The minimum Gasteiger partial charge on any atom is -0.372 e. The van der Waals surface area contributed by atoms with E-state index in [-0.39, 0.29) is 0 Å². The molecular weight excluding hydrogens is 206 g/mol. The molecule has 5 nitrogen and oxygen atoms in total. The molecule has 2 fully saturated rings. The van der Waals surface area contributed by atoms with E-state index in [1.54, 1.807) is 6.92 Å². The second kappa shape index (κ2) is 4.31. The Bertz CT molecular complexity index is 268. The maximum Gasteiger partial charge on any atom is 0.237 e. The minimum atomic E-state index is -0.892. The number of primary amides is 1. The largest absolute Gasteiger partial charge is 0.372 e. The predicted molar refractivity (Wildman–Crippen MR) is 60.7 cm³/mol. The number of fused-ring (bicyclic) bond motifs is 2. The number of amides is 1. The van der Waals surface area contributed by atoms with Gasteiger partial charge in [0.1, 0.15) is 0 Å². The molecule has 2 rings (SSSR count). The van der Waals surface area contributed by atoms with E-state index in [2.05, 4.69) is 4.90 Å². The van der Waals surface area contributed by atoms with Gasteiger partial charge >= 0.3 is 0 Å². The lowest BCUT2D eigenvalue weighted by molar-refractivity contribution is -0.123. The Kier molecular flexibility index (Phi) is 3.19. The molecule has 1 amide bonds. The Hall–Kier alpha value is -0.650. The van der Waals surface area contributed by atoms with Crippen LogP contribution in [0.4, 0.5) is 0 Å². The summed E-state index contributed by atoms with van der Waals surface area (Å²) in [5, 5.41) is 0. The van der Waals surface area contributed by atoms with Crippen molar-refractivity contribution in [2.75, 3.05) is 19.6 Å². The Labute approximate surface area is 96.1 Å². The average Bonchev–Trinajstić information content (AvgIpc) is 2.55. The van der Waals surface area contributed by atoms with E-state index in [1.807, 2.05) is 0 Å². The van der Waals surface area contributed by atoms with E-state index in [0.717, 1.165) is 32.5 Å². The summed E-state index contributed by atoms with van der Waals surface area (Å²) in [6, 6.07) is 0. The van der Waals surface area contributed by atoms with E-state index in [9.17, 15) is 4.79 Å². The van der Waals surface area contributed by atoms with Gasteiger partial charge < -0.3 is 16.2 Å². The summed E-state index contributed by atoms with van der Waals surface area (Å²) >= 11 is 0. The van der Waals surface area contributed by atoms with E-state index < -0.39 is 11.4 Å². The molecule has 3 unspecified atom stereocenters. The number of carbonyl (C=O) groups excluding carboxylic acids is 1. The highest BCUT2D eigenvalue weighted by molar-refractivity contribution is 5.83. The van der Waals surface area contributed by atoms with Crippen LogP contribution in [0.25, 0.3) is 0 Å². The van der Waals surface area contributed by atoms with Gasteiger partial charge in [0.2, 0.25) is 5.91 Å². The Morgan fingerprint density at radius 3 is 2.50 bits per heavy atom. The molecule has 0 aromatic carbocycles. The van der Waals surface area contributed by atoms with E-state index >= 15 is 0 Å². The van der Waals surface area contributed by atoms with Crippen molar-refractivity contribution in [3.8, 4) is 0 Å². The number of hydrogen-bond donors (Lipinski definition) is 2. The first kappa shape index (κ1) is 11.8. The number of nitrogens with two attached hydrogens (primary N) is 2. The lowest BCUT2D eigenvalue weighted by atomic mass is 9.98. The van der Waals surface area contributed by atoms with Gasteiger partial charge in [0, 0.05) is 19.6 Å². The third-order valence-electron chi connectivity index (χ3n) is 3.63. The Balaban J connectivity index is 1.80. The maximum absolute atomic E-state index is 11.1. The van der Waals surface area contributed by atoms with Gasteiger partial charge in [0.15, 0.2) is 0 Å². The number of ether oxygens (including phenoxy) is 1. The molecular formula is C11H21N3O2. The summed E-state index contributed by atoms with van der Waals surface area (Å²) in [5.41, 5.74) is 10.2. The SMILES string of the molecule is CC(N)(CCN1CC2CCC(C1)O2)C(N)=O. The normalized spacial score (nSPS) is 33.6. The molecule has 0 spiro atoms. The fraction of sp³-hybridized carbons (Fsp3) is 0.909. The number of nitrogens with zero attached hydrogens (tertiary/aromatic N) is 1. The zero-order chi connectivity index (χ0) is 11.8. The number of hydrogen-bond acceptors (Lipinski definition) is 4. The minimum absolute atomic E-state index is 0.386. The zero-order valence-electron chi connectivity index (χ0n) is 9.82. The molecule has 0 aromatic rings. The number of rotatable bonds is 4. The maximum atomic E-state index is 11.1. The van der Waals surface area contributed by atoms with Crippen molar-refractivity contribution < 1.29 is 9.53 Å². The summed E-state index contributed by atoms with van der Waals surface area (Å²) in [6.07, 6.45) is 3.71. The second-order valence-corrected chi connectivity index (χ2v) is 5.25. The van der Waals surface area contributed by atoms with Crippen molar-refractivity contribution in [2.24, 2.45) is 11.5 Å². The molecule has 4 N–H and O–H groups in total. The van der Waals surface area contributed by atoms with Crippen LogP contribution in [0, 0.1) is 0 Å². The van der Waals surface area contributed by atoms with Gasteiger partial charge in [0.05, 0.1) is 17.7 Å². The monoisotopic (exact) mass is 227 g/mol. The Morgan fingerprint density at radius 2 is 2.00 bits per heavy atom. The van der Waals surface area contributed by atoms with Crippen molar-refractivity contribution in [1.82, 2.24) is 4.90 Å². The zero-order valence-corrected chi connectivity index (χ0v) is 9.82. The van der Waals surface area contributed by atoms with Crippen molar-refractivity contribution in [2.45, 2.75) is 43.9 Å². The summed E-state index contributed by atoms with van der Waals surface area (Å²) in [5.74, 6) is -0.427. The van der Waals surface area contributed by atoms with E-state index in [1.165, 1.54) is 0 Å². The van der Waals surface area contributed by atoms with Crippen LogP contribution in [0.15, 0.2) is 0 Å². The second-order valence-electron chi connectivity index (χ2n) is 5.25. The quantitative estimate of drug-likeness (QED) is 0.674. The number of carbonyl (C=O) groups is 1. The molecule has 2 saturated heterocycles. The first-order valence-electron chi connectivity index (χ1n) is 5.94. The van der Waals surface area contributed by atoms with Crippen LogP contribution in [0.3, 0.4) is 0 Å². The fourth-order valence-electron chi connectivity index (χ4n) is 2.40. The first-order chi connectivity index (χ1) is 7.47. The topological polar surface area (TPSA) is 81.6 Å². The van der Waals surface area contributed by atoms with Crippen molar-refractivity contribution >= 4 is 5.91 Å². The fourth-order valence-corrected chi connectivity index (χ4v) is 2.40. The van der Waals surface area contributed by atoms with Gasteiger partial charge in [0.25, 0.3) is 0 Å². The molecule has 16 heavy (non-hydrogen) atoms. The smallest absolute Gasteiger partial charge is 0.237 e. The highest BCUT2D eigenvalue weighted by atomic mass is 16.5. The molecule has 2 aliphatic rings. The average molecular weight is 227 g/mol. The van der Waals surface area contributed by atoms with Crippen LogP contribution in [-0.4, -0.2) is 48.2 Å². The standard InChI is InChI=1S/C11H21N3O2/c1-11(13,10(12)15)4-5-14-6-8-2-3-9(7-14)16-8/h8-9H,2-7,13H2,1H3,(H2,12,15). The van der Waals surface area contributed by atoms with Crippen LogP contribution < -0.4 is 11.5 Å². The van der Waals surface area contributed by atoms with Gasteiger partial charge in [-0.2, -0.15) is 0 Å². The van der Waals surface area contributed by atoms with Crippen LogP contribution >= 0.6 is 0 Å². The molecule has 0 aliphatic carbocycles. The van der Waals surface area contributed by atoms with E-state index in [0.29, 0.717) is 18.6 Å². The number of likely N-dealkylation sites (tertiary alicyclic amines) is 1. The predicted octanol–water partition coefficient (Wildman–Crippen LogP) is -0.558. The third-order valence-corrected chi connectivity index (χ3v) is 3.63. The molecule has 92 valence electrons. The molecule has 0 aromatic heterocycles. The molecule has 0 radical (unpaired) electrons. The van der Waals surface area contributed by atoms with Gasteiger partial charge in [-0.3, -0.25) is 9.69 Å². The summed E-state index contributed by atoms with van der Waals surface area (Å²) in [7, 11) is 0. The van der Waals surface area contributed by atoms with Gasteiger partial charge in [-0.1, -0.05) is 0 Å². The summed E-state index contributed by atoms with van der Waals surface area (Å²) in [4.78, 5) is 13.4. The van der Waals surface area contributed by atoms with Crippen molar-refractivity contribution in [1.29, 1.82) is 0 Å². The highest BCUT2D eigenvalue weighted by Gasteiger charge is 2.34. The molecule has 5 heteroatoms. The van der Waals surface area contributed by atoms with Crippen molar-refractivity contribution in [3.05, 3.63) is 0 Å².